The number of aryl methyl sites for hydroxylation is 1. The minimum Gasteiger partial charge on any atom is -0.423 e. The highest BCUT2D eigenvalue weighted by Gasteiger charge is 2.37. The van der Waals surface area contributed by atoms with Crippen LogP contribution >= 0.6 is 11.6 Å². The summed E-state index contributed by atoms with van der Waals surface area (Å²) in [7, 11) is 0. The van der Waals surface area contributed by atoms with Gasteiger partial charge in [-0.3, -0.25) is 14.5 Å². The molecule has 1 heterocycles. The molecule has 2 amide bonds. The quantitative estimate of drug-likeness (QED) is 0.308. The van der Waals surface area contributed by atoms with Crippen LogP contribution in [0.1, 0.15) is 28.4 Å². The Balaban J connectivity index is 1.44. The molecule has 166 valence electrons. The number of nitrogens with zero attached hydrogens (tertiary/aromatic N) is 1. The number of imide groups is 1. The fraction of sp³-hybridized carbons (Fsp3) is 0.115. The third kappa shape index (κ3) is 4.81. The van der Waals surface area contributed by atoms with Gasteiger partial charge in [-0.25, -0.2) is 4.79 Å². The highest BCUT2D eigenvalue weighted by Crippen LogP contribution is 2.27. The summed E-state index contributed by atoms with van der Waals surface area (Å²) in [5.74, 6) is -1.02. The molecule has 0 saturated carbocycles. The number of para-hydroxylation sites is 1. The first-order chi connectivity index (χ1) is 16.0. The average molecular weight is 461 g/mol. The van der Waals surface area contributed by atoms with Crippen molar-refractivity contribution in [3.63, 3.8) is 0 Å². The molecule has 0 aromatic heterocycles. The molecule has 6 nitrogen and oxygen atoms in total. The van der Waals surface area contributed by atoms with Gasteiger partial charge in [0.25, 0.3) is 11.8 Å². The van der Waals surface area contributed by atoms with Crippen LogP contribution in [0.4, 0.5) is 5.69 Å². The topological polar surface area (TPSA) is 75.7 Å². The van der Waals surface area contributed by atoms with E-state index in [0.717, 1.165) is 22.4 Å². The molecule has 0 spiro atoms. The lowest BCUT2D eigenvalue weighted by Crippen LogP contribution is -2.31. The van der Waals surface area contributed by atoms with Crippen molar-refractivity contribution in [3.05, 3.63) is 106 Å². The van der Waals surface area contributed by atoms with Crippen LogP contribution in [0.5, 0.6) is 5.75 Å². The van der Waals surface area contributed by atoms with Crippen LogP contribution in [0.15, 0.2) is 89.6 Å². The number of nitrogens with one attached hydrogen (secondary N) is 1. The molecule has 0 radical (unpaired) electrons. The lowest BCUT2D eigenvalue weighted by atomic mass is 10.1. The highest BCUT2D eigenvalue weighted by molar-refractivity contribution is 6.48. The summed E-state index contributed by atoms with van der Waals surface area (Å²) in [6.45, 7) is 2.12. The molecular formula is C26H21ClN2O4. The van der Waals surface area contributed by atoms with Crippen molar-refractivity contribution in [1.29, 1.82) is 0 Å². The summed E-state index contributed by atoms with van der Waals surface area (Å²) in [6.07, 6.45) is 0.746. The second-order valence-electron chi connectivity index (χ2n) is 7.42. The third-order valence-electron chi connectivity index (χ3n) is 5.24. The third-order valence-corrected chi connectivity index (χ3v) is 5.59. The lowest BCUT2D eigenvalue weighted by Gasteiger charge is -2.15. The fourth-order valence-electron chi connectivity index (χ4n) is 3.45. The van der Waals surface area contributed by atoms with Crippen LogP contribution in [-0.2, 0) is 22.6 Å². The Morgan fingerprint density at radius 1 is 0.909 bits per heavy atom. The van der Waals surface area contributed by atoms with E-state index >= 15 is 0 Å². The fourth-order valence-corrected chi connectivity index (χ4v) is 3.68. The molecule has 0 unspecified atom stereocenters. The number of esters is 1. The lowest BCUT2D eigenvalue weighted by molar-refractivity contribution is -0.138. The van der Waals surface area contributed by atoms with Crippen LogP contribution < -0.4 is 10.1 Å². The van der Waals surface area contributed by atoms with E-state index in [1.807, 2.05) is 55.5 Å². The molecule has 4 rings (SSSR count). The smallest absolute Gasteiger partial charge is 0.343 e. The summed E-state index contributed by atoms with van der Waals surface area (Å²) in [4.78, 5) is 38.9. The Bertz CT molecular complexity index is 1240. The summed E-state index contributed by atoms with van der Waals surface area (Å²) in [5.41, 5.74) is 2.62. The Hall–Kier alpha value is -3.90. The van der Waals surface area contributed by atoms with Crippen LogP contribution in [-0.4, -0.2) is 22.7 Å². The van der Waals surface area contributed by atoms with Crippen LogP contribution in [0.2, 0.25) is 0 Å². The summed E-state index contributed by atoms with van der Waals surface area (Å²) in [6, 6.07) is 23.0. The SMILES string of the molecule is CCc1ccccc1OC(=O)c1ccc(NC2=C(Cl)C(=O)N(Cc3ccccc3)C2=O)cc1. The maximum atomic E-state index is 12.8. The number of benzene rings is 3. The van der Waals surface area contributed by atoms with Gasteiger partial charge in [0.1, 0.15) is 16.5 Å². The molecule has 3 aromatic carbocycles. The van der Waals surface area contributed by atoms with Crippen LogP contribution in [0.25, 0.3) is 0 Å². The summed E-state index contributed by atoms with van der Waals surface area (Å²) in [5, 5.41) is 2.73. The van der Waals surface area contributed by atoms with Gasteiger partial charge in [-0.05, 0) is 47.9 Å². The molecule has 0 aliphatic carbocycles. The molecule has 1 aliphatic heterocycles. The first-order valence-corrected chi connectivity index (χ1v) is 10.8. The number of halogens is 1. The van der Waals surface area contributed by atoms with Gasteiger partial charge in [-0.1, -0.05) is 67.1 Å². The molecule has 3 aromatic rings. The van der Waals surface area contributed by atoms with E-state index in [9.17, 15) is 14.4 Å². The maximum absolute atomic E-state index is 12.8. The predicted molar refractivity (Wildman–Crippen MR) is 126 cm³/mol. The molecule has 1 aliphatic rings. The Kier molecular flexibility index (Phi) is 6.56. The minimum atomic E-state index is -0.553. The standard InChI is InChI=1S/C26H21ClN2O4/c1-2-18-10-6-7-11-21(18)33-26(32)19-12-14-20(15-13-19)28-23-22(27)24(30)29(25(23)31)16-17-8-4-3-5-9-17/h3-15,28H,2,16H2,1H3. The van der Waals surface area contributed by atoms with E-state index in [1.54, 1.807) is 30.3 Å². The Labute approximate surface area is 196 Å². The van der Waals surface area contributed by atoms with Gasteiger partial charge in [-0.15, -0.1) is 0 Å². The molecule has 33 heavy (non-hydrogen) atoms. The molecule has 0 atom stereocenters. The van der Waals surface area contributed by atoms with Gasteiger partial charge < -0.3 is 10.1 Å². The van der Waals surface area contributed by atoms with Gasteiger partial charge in [0.05, 0.1) is 12.1 Å². The second kappa shape index (κ2) is 9.71. The number of rotatable bonds is 7. The minimum absolute atomic E-state index is 0.00444. The van der Waals surface area contributed by atoms with E-state index in [0.29, 0.717) is 17.0 Å². The summed E-state index contributed by atoms with van der Waals surface area (Å²) < 4.78 is 5.52. The first kappa shape index (κ1) is 22.3. The van der Waals surface area contributed by atoms with Crippen molar-refractivity contribution in [1.82, 2.24) is 4.90 Å². The number of anilines is 1. The summed E-state index contributed by atoms with van der Waals surface area (Å²) >= 11 is 6.17. The molecule has 0 bridgehead atoms. The molecular weight excluding hydrogens is 440 g/mol. The normalized spacial score (nSPS) is 13.5. The number of carbonyl (C=O) groups excluding carboxylic acids is 3. The highest BCUT2D eigenvalue weighted by atomic mass is 35.5. The first-order valence-electron chi connectivity index (χ1n) is 10.4. The average Bonchev–Trinajstić information content (AvgIpc) is 3.04. The van der Waals surface area contributed by atoms with Gasteiger partial charge in [0.2, 0.25) is 0 Å². The van der Waals surface area contributed by atoms with Crippen molar-refractivity contribution in [2.24, 2.45) is 0 Å². The van der Waals surface area contributed by atoms with E-state index in [-0.39, 0.29) is 17.3 Å². The van der Waals surface area contributed by atoms with Crippen molar-refractivity contribution < 1.29 is 19.1 Å². The number of amides is 2. The van der Waals surface area contributed by atoms with Crippen molar-refractivity contribution in [3.8, 4) is 5.75 Å². The number of ether oxygens (including phenoxy) is 1. The van der Waals surface area contributed by atoms with Crippen molar-refractivity contribution >= 4 is 35.1 Å². The van der Waals surface area contributed by atoms with Crippen molar-refractivity contribution in [2.45, 2.75) is 19.9 Å². The maximum Gasteiger partial charge on any atom is 0.343 e. The monoisotopic (exact) mass is 460 g/mol. The van der Waals surface area contributed by atoms with E-state index in [4.69, 9.17) is 16.3 Å². The Morgan fingerprint density at radius 2 is 1.58 bits per heavy atom. The second-order valence-corrected chi connectivity index (χ2v) is 7.80. The van der Waals surface area contributed by atoms with Gasteiger partial charge in [-0.2, -0.15) is 0 Å². The molecule has 0 fully saturated rings. The number of carbonyl (C=O) groups is 3. The zero-order valence-electron chi connectivity index (χ0n) is 17.9. The number of hydrogen-bond acceptors (Lipinski definition) is 5. The zero-order chi connectivity index (χ0) is 23.4. The molecule has 0 saturated heterocycles. The van der Waals surface area contributed by atoms with E-state index < -0.39 is 17.8 Å². The van der Waals surface area contributed by atoms with Gasteiger partial charge >= 0.3 is 5.97 Å². The zero-order valence-corrected chi connectivity index (χ0v) is 18.6. The predicted octanol–water partition coefficient (Wildman–Crippen LogP) is 4.90. The Morgan fingerprint density at radius 3 is 2.27 bits per heavy atom. The van der Waals surface area contributed by atoms with E-state index in [2.05, 4.69) is 5.32 Å². The molecule has 1 N–H and O–H groups in total. The van der Waals surface area contributed by atoms with Crippen molar-refractivity contribution in [2.75, 3.05) is 5.32 Å². The van der Waals surface area contributed by atoms with Gasteiger partial charge in [0.15, 0.2) is 0 Å². The van der Waals surface area contributed by atoms with Gasteiger partial charge in [0, 0.05) is 5.69 Å². The largest absolute Gasteiger partial charge is 0.423 e. The van der Waals surface area contributed by atoms with E-state index in [1.165, 1.54) is 0 Å². The van der Waals surface area contributed by atoms with Crippen LogP contribution in [0.3, 0.4) is 0 Å². The van der Waals surface area contributed by atoms with Crippen LogP contribution in [0, 0.1) is 0 Å². The molecule has 7 heteroatoms. The number of hydrogen-bond donors (Lipinski definition) is 1.